The van der Waals surface area contributed by atoms with Gasteiger partial charge in [-0.2, -0.15) is 0 Å². The lowest BCUT2D eigenvalue weighted by Gasteiger charge is -2.31. The van der Waals surface area contributed by atoms with E-state index in [1.165, 1.54) is 18.2 Å². The van der Waals surface area contributed by atoms with Crippen LogP contribution in [0.25, 0.3) is 6.08 Å². The van der Waals surface area contributed by atoms with Crippen LogP contribution in [0.1, 0.15) is 18.4 Å². The lowest BCUT2D eigenvalue weighted by atomic mass is 9.89. The van der Waals surface area contributed by atoms with Gasteiger partial charge in [0.2, 0.25) is 5.91 Å². The molecular formula is C13H13BrFNO2. The van der Waals surface area contributed by atoms with E-state index in [9.17, 15) is 9.18 Å². The summed E-state index contributed by atoms with van der Waals surface area (Å²) in [7, 11) is 0. The van der Waals surface area contributed by atoms with Crippen LogP contribution in [0, 0.1) is 5.82 Å². The number of hydrogen-bond donors (Lipinski definition) is 2. The van der Waals surface area contributed by atoms with Crippen molar-refractivity contribution in [2.75, 3.05) is 0 Å². The van der Waals surface area contributed by atoms with Crippen molar-refractivity contribution in [1.29, 1.82) is 0 Å². The number of carbonyl (C=O) groups excluding carboxylic acids is 1. The number of amides is 1. The van der Waals surface area contributed by atoms with Crippen LogP contribution in [0.3, 0.4) is 0 Å². The number of aliphatic hydroxyl groups is 1. The van der Waals surface area contributed by atoms with Crippen molar-refractivity contribution in [2.45, 2.75) is 25.0 Å². The van der Waals surface area contributed by atoms with Crippen molar-refractivity contribution in [1.82, 2.24) is 5.32 Å². The molecule has 18 heavy (non-hydrogen) atoms. The monoisotopic (exact) mass is 313 g/mol. The fourth-order valence-corrected chi connectivity index (χ4v) is 2.14. The molecule has 0 heterocycles. The van der Waals surface area contributed by atoms with Crippen LogP contribution in [-0.2, 0) is 4.79 Å². The lowest BCUT2D eigenvalue weighted by Crippen LogP contribution is -2.46. The average Bonchev–Trinajstić information content (AvgIpc) is 2.28. The summed E-state index contributed by atoms with van der Waals surface area (Å²) < 4.78 is 14.1. The fraction of sp³-hybridized carbons (Fsp3) is 0.308. The Labute approximate surface area is 113 Å². The van der Waals surface area contributed by atoms with Crippen LogP contribution < -0.4 is 5.32 Å². The molecule has 0 unspecified atom stereocenters. The van der Waals surface area contributed by atoms with Gasteiger partial charge in [0.25, 0.3) is 0 Å². The first-order chi connectivity index (χ1) is 8.54. The van der Waals surface area contributed by atoms with Crippen LogP contribution in [0.5, 0.6) is 0 Å². The second-order valence-corrected chi connectivity index (χ2v) is 5.25. The topological polar surface area (TPSA) is 49.3 Å². The highest BCUT2D eigenvalue weighted by molar-refractivity contribution is 9.10. The normalized spacial score (nSPS) is 22.8. The zero-order chi connectivity index (χ0) is 13.1. The third kappa shape index (κ3) is 3.40. The van der Waals surface area contributed by atoms with Gasteiger partial charge in [0, 0.05) is 22.2 Å². The van der Waals surface area contributed by atoms with E-state index in [1.807, 2.05) is 0 Å². The number of hydrogen-bond acceptors (Lipinski definition) is 2. The van der Waals surface area contributed by atoms with Gasteiger partial charge >= 0.3 is 0 Å². The molecule has 0 atom stereocenters. The number of rotatable bonds is 3. The van der Waals surface area contributed by atoms with Crippen LogP contribution >= 0.6 is 15.9 Å². The molecule has 1 aliphatic rings. The minimum atomic E-state index is -0.374. The van der Waals surface area contributed by atoms with Gasteiger partial charge in [-0.25, -0.2) is 4.39 Å². The number of aliphatic hydroxyl groups excluding tert-OH is 1. The minimum absolute atomic E-state index is 0.0320. The molecular weight excluding hydrogens is 301 g/mol. The largest absolute Gasteiger partial charge is 0.393 e. The molecule has 1 aliphatic carbocycles. The minimum Gasteiger partial charge on any atom is -0.393 e. The van der Waals surface area contributed by atoms with Crippen molar-refractivity contribution in [3.05, 3.63) is 40.1 Å². The lowest BCUT2D eigenvalue weighted by molar-refractivity contribution is -0.118. The highest BCUT2D eigenvalue weighted by Crippen LogP contribution is 2.19. The molecule has 0 bridgehead atoms. The number of nitrogens with one attached hydrogen (secondary N) is 1. The van der Waals surface area contributed by atoms with Crippen LogP contribution in [-0.4, -0.2) is 23.2 Å². The molecule has 1 aromatic rings. The van der Waals surface area contributed by atoms with Crippen molar-refractivity contribution < 1.29 is 14.3 Å². The Bertz CT molecular complexity index is 484. The smallest absolute Gasteiger partial charge is 0.244 e. The first-order valence-corrected chi connectivity index (χ1v) is 6.45. The Balaban J connectivity index is 1.93. The van der Waals surface area contributed by atoms with Gasteiger partial charge in [0.15, 0.2) is 0 Å². The van der Waals surface area contributed by atoms with Crippen LogP contribution in [0.4, 0.5) is 4.39 Å². The second kappa shape index (κ2) is 5.63. The molecule has 1 saturated carbocycles. The number of halogens is 2. The van der Waals surface area contributed by atoms with E-state index in [2.05, 4.69) is 21.2 Å². The summed E-state index contributed by atoms with van der Waals surface area (Å²) in [6.07, 6.45) is 3.61. The van der Waals surface area contributed by atoms with E-state index in [-0.39, 0.29) is 23.9 Å². The Morgan fingerprint density at radius 1 is 1.50 bits per heavy atom. The summed E-state index contributed by atoms with van der Waals surface area (Å²) >= 11 is 3.24. The molecule has 0 aromatic heterocycles. The fourth-order valence-electron chi connectivity index (χ4n) is 1.76. The summed E-state index contributed by atoms with van der Waals surface area (Å²) in [6, 6.07) is 4.57. The van der Waals surface area contributed by atoms with E-state index < -0.39 is 0 Å². The quantitative estimate of drug-likeness (QED) is 0.841. The summed E-state index contributed by atoms with van der Waals surface area (Å²) in [5, 5.41) is 11.8. The molecule has 5 heteroatoms. The van der Waals surface area contributed by atoms with E-state index in [0.717, 1.165) is 4.47 Å². The number of benzene rings is 1. The number of carbonyl (C=O) groups is 1. The van der Waals surface area contributed by atoms with Crippen molar-refractivity contribution >= 4 is 27.9 Å². The van der Waals surface area contributed by atoms with Gasteiger partial charge in [0.1, 0.15) is 5.82 Å². The first kappa shape index (κ1) is 13.2. The maximum absolute atomic E-state index is 13.4. The van der Waals surface area contributed by atoms with E-state index in [0.29, 0.717) is 18.4 Å². The standard InChI is InChI=1S/C13H13BrFNO2/c14-9-2-3-12(15)8(5-9)1-4-13(18)16-10-6-11(17)7-10/h1-5,10-11,17H,6-7H2,(H,16,18). The molecule has 2 rings (SSSR count). The summed E-state index contributed by atoms with van der Waals surface area (Å²) in [5.41, 5.74) is 0.355. The third-order valence-corrected chi connectivity index (χ3v) is 3.33. The van der Waals surface area contributed by atoms with Crippen molar-refractivity contribution in [3.8, 4) is 0 Å². The third-order valence-electron chi connectivity index (χ3n) is 2.83. The first-order valence-electron chi connectivity index (χ1n) is 5.66. The summed E-state index contributed by atoms with van der Waals surface area (Å²) in [4.78, 5) is 11.5. The molecule has 96 valence electrons. The average molecular weight is 314 g/mol. The van der Waals surface area contributed by atoms with Gasteiger partial charge in [-0.05, 0) is 37.1 Å². The molecule has 1 amide bonds. The van der Waals surface area contributed by atoms with Crippen molar-refractivity contribution in [2.24, 2.45) is 0 Å². The molecule has 0 aliphatic heterocycles. The highest BCUT2D eigenvalue weighted by Gasteiger charge is 2.27. The molecule has 0 spiro atoms. The predicted octanol–water partition coefficient (Wildman–Crippen LogP) is 2.24. The van der Waals surface area contributed by atoms with Crippen LogP contribution in [0.2, 0.25) is 0 Å². The van der Waals surface area contributed by atoms with Gasteiger partial charge in [-0.3, -0.25) is 4.79 Å². The van der Waals surface area contributed by atoms with Gasteiger partial charge in [-0.15, -0.1) is 0 Å². The van der Waals surface area contributed by atoms with Gasteiger partial charge in [-0.1, -0.05) is 15.9 Å². The van der Waals surface area contributed by atoms with Crippen molar-refractivity contribution in [3.63, 3.8) is 0 Å². The molecule has 2 N–H and O–H groups in total. The summed E-state index contributed by atoms with van der Waals surface area (Å²) in [5.74, 6) is -0.646. The SMILES string of the molecule is O=C(C=Cc1cc(Br)ccc1F)NC1CC(O)C1. The zero-order valence-corrected chi connectivity index (χ0v) is 11.2. The highest BCUT2D eigenvalue weighted by atomic mass is 79.9. The molecule has 3 nitrogen and oxygen atoms in total. The molecule has 1 fully saturated rings. The van der Waals surface area contributed by atoms with E-state index >= 15 is 0 Å². The maximum Gasteiger partial charge on any atom is 0.244 e. The van der Waals surface area contributed by atoms with E-state index in [1.54, 1.807) is 12.1 Å². The van der Waals surface area contributed by atoms with Crippen LogP contribution in [0.15, 0.2) is 28.7 Å². The Kier molecular flexibility index (Phi) is 4.14. The molecule has 1 aromatic carbocycles. The second-order valence-electron chi connectivity index (χ2n) is 4.33. The maximum atomic E-state index is 13.4. The molecule has 0 radical (unpaired) electrons. The Morgan fingerprint density at radius 2 is 2.22 bits per heavy atom. The summed E-state index contributed by atoms with van der Waals surface area (Å²) in [6.45, 7) is 0. The van der Waals surface area contributed by atoms with E-state index in [4.69, 9.17) is 5.11 Å². The predicted molar refractivity (Wildman–Crippen MR) is 70.3 cm³/mol. The van der Waals surface area contributed by atoms with Gasteiger partial charge in [0.05, 0.1) is 6.10 Å². The zero-order valence-electron chi connectivity index (χ0n) is 9.57. The molecule has 0 saturated heterocycles. The van der Waals surface area contributed by atoms with Gasteiger partial charge < -0.3 is 10.4 Å². The Hall–Kier alpha value is -1.20. The Morgan fingerprint density at radius 3 is 2.89 bits per heavy atom.